The van der Waals surface area contributed by atoms with Crippen LogP contribution in [0.1, 0.15) is 5.56 Å². The first-order valence-electron chi connectivity index (χ1n) is 7.85. The van der Waals surface area contributed by atoms with Crippen LogP contribution in [0.4, 0.5) is 0 Å². The van der Waals surface area contributed by atoms with Gasteiger partial charge in [-0.2, -0.15) is 5.10 Å². The summed E-state index contributed by atoms with van der Waals surface area (Å²) >= 11 is 0. The van der Waals surface area contributed by atoms with Crippen molar-refractivity contribution in [3.05, 3.63) is 54.7 Å². The highest BCUT2D eigenvalue weighted by Gasteiger charge is 2.14. The lowest BCUT2D eigenvalue weighted by molar-refractivity contribution is 1.09. The molecule has 5 heterocycles. The van der Waals surface area contributed by atoms with Gasteiger partial charge >= 0.3 is 0 Å². The lowest BCUT2D eigenvalue weighted by Gasteiger charge is -2.04. The second-order valence-corrected chi connectivity index (χ2v) is 5.86. The Balaban J connectivity index is 1.71. The molecule has 5 rings (SSSR count). The molecule has 0 bridgehead atoms. The summed E-state index contributed by atoms with van der Waals surface area (Å²) in [5.41, 5.74) is 6.40. The van der Waals surface area contributed by atoms with Gasteiger partial charge in [-0.3, -0.25) is 15.1 Å². The summed E-state index contributed by atoms with van der Waals surface area (Å²) in [4.78, 5) is 20.7. The van der Waals surface area contributed by atoms with E-state index >= 15 is 0 Å². The highest BCUT2D eigenvalue weighted by molar-refractivity contribution is 5.93. The van der Waals surface area contributed by atoms with E-state index in [-0.39, 0.29) is 0 Å². The summed E-state index contributed by atoms with van der Waals surface area (Å²) in [6, 6.07) is 5.93. The predicted octanol–water partition coefficient (Wildman–Crippen LogP) is 3.27. The molecule has 5 aromatic heterocycles. The van der Waals surface area contributed by atoms with Gasteiger partial charge in [-0.25, -0.2) is 9.97 Å². The van der Waals surface area contributed by atoms with Gasteiger partial charge in [0, 0.05) is 35.9 Å². The van der Waals surface area contributed by atoms with Gasteiger partial charge in [-0.1, -0.05) is 0 Å². The van der Waals surface area contributed by atoms with Crippen molar-refractivity contribution in [1.82, 2.24) is 35.1 Å². The van der Waals surface area contributed by atoms with E-state index in [4.69, 9.17) is 0 Å². The van der Waals surface area contributed by atoms with Crippen LogP contribution in [0.5, 0.6) is 0 Å². The number of imidazole rings is 1. The van der Waals surface area contributed by atoms with Gasteiger partial charge in [0.2, 0.25) is 0 Å². The number of H-pyrrole nitrogens is 2. The van der Waals surface area contributed by atoms with Crippen LogP contribution >= 0.6 is 0 Å². The molecule has 25 heavy (non-hydrogen) atoms. The Morgan fingerprint density at radius 2 is 1.88 bits per heavy atom. The van der Waals surface area contributed by atoms with Crippen LogP contribution in [0.15, 0.2) is 49.2 Å². The summed E-state index contributed by atoms with van der Waals surface area (Å²) in [6.07, 6.45) is 8.94. The number of aromatic nitrogens is 7. The van der Waals surface area contributed by atoms with E-state index in [1.807, 2.05) is 24.5 Å². The molecule has 0 atom stereocenters. The molecule has 0 spiro atoms. The maximum absolute atomic E-state index is 4.62. The highest BCUT2D eigenvalue weighted by Crippen LogP contribution is 2.29. The smallest absolute Gasteiger partial charge is 0.181 e. The van der Waals surface area contributed by atoms with Crippen LogP contribution in [0.25, 0.3) is 44.7 Å². The van der Waals surface area contributed by atoms with E-state index < -0.39 is 0 Å². The van der Waals surface area contributed by atoms with Crippen LogP contribution in [0, 0.1) is 6.92 Å². The van der Waals surface area contributed by atoms with Gasteiger partial charge in [-0.05, 0) is 30.7 Å². The topological polar surface area (TPSA) is 96.0 Å². The van der Waals surface area contributed by atoms with E-state index in [1.165, 1.54) is 0 Å². The minimum atomic E-state index is 0.652. The molecule has 5 aromatic rings. The highest BCUT2D eigenvalue weighted by atomic mass is 15.2. The van der Waals surface area contributed by atoms with Gasteiger partial charge in [0.1, 0.15) is 5.69 Å². The molecule has 0 amide bonds. The molecule has 2 N–H and O–H groups in total. The van der Waals surface area contributed by atoms with Crippen molar-refractivity contribution in [1.29, 1.82) is 0 Å². The molecule has 0 aliphatic heterocycles. The van der Waals surface area contributed by atoms with Gasteiger partial charge < -0.3 is 4.98 Å². The molecule has 120 valence electrons. The zero-order valence-electron chi connectivity index (χ0n) is 13.4. The Kier molecular flexibility index (Phi) is 2.87. The lowest BCUT2D eigenvalue weighted by atomic mass is 10.0. The Morgan fingerprint density at radius 3 is 2.76 bits per heavy atom. The van der Waals surface area contributed by atoms with E-state index in [1.54, 1.807) is 18.6 Å². The number of nitrogens with one attached hydrogen (secondary N) is 2. The minimum Gasteiger partial charge on any atom is -0.335 e. The number of hydrogen-bond acceptors (Lipinski definition) is 5. The zero-order chi connectivity index (χ0) is 16.8. The first-order valence-corrected chi connectivity index (χ1v) is 7.85. The SMILES string of the molecule is Cc1ccncc1-c1cnc2n[nH]c(-c3nc4ccncc4[nH]3)c2c1. The summed E-state index contributed by atoms with van der Waals surface area (Å²) in [7, 11) is 0. The molecule has 0 radical (unpaired) electrons. The molecule has 0 saturated heterocycles. The van der Waals surface area contributed by atoms with Gasteiger partial charge in [0.05, 0.1) is 22.6 Å². The number of pyridine rings is 3. The Morgan fingerprint density at radius 1 is 1.00 bits per heavy atom. The summed E-state index contributed by atoms with van der Waals surface area (Å²) in [6.45, 7) is 2.06. The fourth-order valence-electron chi connectivity index (χ4n) is 2.97. The molecule has 0 aliphatic rings. The number of rotatable bonds is 2. The number of hydrogen-bond donors (Lipinski definition) is 2. The number of aromatic amines is 2. The van der Waals surface area contributed by atoms with Gasteiger partial charge in [-0.15, -0.1) is 0 Å². The maximum Gasteiger partial charge on any atom is 0.181 e. The van der Waals surface area contributed by atoms with Crippen LogP contribution in [0.3, 0.4) is 0 Å². The average molecular weight is 327 g/mol. The number of aryl methyl sites for hydroxylation is 1. The molecule has 0 aliphatic carbocycles. The van der Waals surface area contributed by atoms with Crippen molar-refractivity contribution < 1.29 is 0 Å². The van der Waals surface area contributed by atoms with Crippen molar-refractivity contribution >= 4 is 22.1 Å². The average Bonchev–Trinajstić information content (AvgIpc) is 3.25. The summed E-state index contributed by atoms with van der Waals surface area (Å²) in [5, 5.41) is 8.25. The second kappa shape index (κ2) is 5.20. The fraction of sp³-hybridized carbons (Fsp3) is 0.0556. The van der Waals surface area contributed by atoms with Crippen LogP contribution < -0.4 is 0 Å². The van der Waals surface area contributed by atoms with Crippen LogP contribution in [0.2, 0.25) is 0 Å². The quantitative estimate of drug-likeness (QED) is 0.519. The minimum absolute atomic E-state index is 0.652. The number of fused-ring (bicyclic) bond motifs is 2. The third kappa shape index (κ3) is 2.17. The van der Waals surface area contributed by atoms with Crippen LogP contribution in [-0.2, 0) is 0 Å². The summed E-state index contributed by atoms with van der Waals surface area (Å²) < 4.78 is 0. The second-order valence-electron chi connectivity index (χ2n) is 5.86. The standard InChI is InChI=1S/C18H13N7/c1-10-2-4-19-8-13(10)11-6-12-16(24-25-17(12)21-7-11)18-22-14-3-5-20-9-15(14)23-18/h2-9H,1H3,(H,22,23)(H,21,24,25). The van der Waals surface area contributed by atoms with Crippen molar-refractivity contribution in [2.45, 2.75) is 6.92 Å². The zero-order valence-corrected chi connectivity index (χ0v) is 13.4. The Labute approximate surface area is 142 Å². The molecular formula is C18H13N7. The fourth-order valence-corrected chi connectivity index (χ4v) is 2.97. The van der Waals surface area contributed by atoms with Crippen molar-refractivity contribution in [3.63, 3.8) is 0 Å². The predicted molar refractivity (Wildman–Crippen MR) is 94.7 cm³/mol. The van der Waals surface area contributed by atoms with Gasteiger partial charge in [0.15, 0.2) is 11.5 Å². The Hall–Kier alpha value is -3.61. The maximum atomic E-state index is 4.62. The van der Waals surface area contributed by atoms with E-state index in [0.29, 0.717) is 11.5 Å². The van der Waals surface area contributed by atoms with Crippen LogP contribution in [-0.4, -0.2) is 35.1 Å². The van der Waals surface area contributed by atoms with E-state index in [9.17, 15) is 0 Å². The molecule has 0 saturated carbocycles. The molecular weight excluding hydrogens is 314 g/mol. The third-order valence-corrected chi connectivity index (χ3v) is 4.28. The lowest BCUT2D eigenvalue weighted by Crippen LogP contribution is -1.87. The largest absolute Gasteiger partial charge is 0.335 e. The van der Waals surface area contributed by atoms with Crippen molar-refractivity contribution in [3.8, 4) is 22.6 Å². The molecule has 0 unspecified atom stereocenters. The monoisotopic (exact) mass is 327 g/mol. The Bertz CT molecular complexity index is 1190. The van der Waals surface area contributed by atoms with Crippen molar-refractivity contribution in [2.24, 2.45) is 0 Å². The van der Waals surface area contributed by atoms with Crippen molar-refractivity contribution in [2.75, 3.05) is 0 Å². The molecule has 0 fully saturated rings. The molecule has 7 heteroatoms. The van der Waals surface area contributed by atoms with Gasteiger partial charge in [0.25, 0.3) is 0 Å². The van der Waals surface area contributed by atoms with E-state index in [2.05, 4.69) is 48.1 Å². The number of nitrogens with zero attached hydrogens (tertiary/aromatic N) is 5. The normalized spacial score (nSPS) is 11.4. The molecule has 0 aromatic carbocycles. The first-order chi connectivity index (χ1) is 12.3. The first kappa shape index (κ1) is 13.8. The summed E-state index contributed by atoms with van der Waals surface area (Å²) in [5.74, 6) is 0.715. The third-order valence-electron chi connectivity index (χ3n) is 4.28. The van der Waals surface area contributed by atoms with E-state index in [0.717, 1.165) is 38.8 Å². The molecule has 7 nitrogen and oxygen atoms in total.